The molecule has 3 rings (SSSR count). The van der Waals surface area contributed by atoms with Crippen molar-refractivity contribution in [2.75, 3.05) is 6.26 Å². The predicted molar refractivity (Wildman–Crippen MR) is 90.5 cm³/mol. The summed E-state index contributed by atoms with van der Waals surface area (Å²) in [6.45, 7) is 3.99. The number of fused-ring (bicyclic) bond motifs is 1. The molecule has 120 valence electrons. The molecule has 0 fully saturated rings. The highest BCUT2D eigenvalue weighted by Crippen LogP contribution is 2.32. The Morgan fingerprint density at radius 3 is 2.52 bits per heavy atom. The second-order valence-corrected chi connectivity index (χ2v) is 7.19. The van der Waals surface area contributed by atoms with Crippen LogP contribution in [0.4, 0.5) is 0 Å². The summed E-state index contributed by atoms with van der Waals surface area (Å²) in [6.07, 6.45) is 1.47. The van der Waals surface area contributed by atoms with E-state index in [1.54, 1.807) is 12.1 Å². The van der Waals surface area contributed by atoms with Crippen LogP contribution in [0.5, 0.6) is 0 Å². The molecule has 0 aliphatic carbocycles. The van der Waals surface area contributed by atoms with Gasteiger partial charge in [0.2, 0.25) is 0 Å². The van der Waals surface area contributed by atoms with Crippen LogP contribution >= 0.6 is 11.6 Å². The Kier molecular flexibility index (Phi) is 4.18. The lowest BCUT2D eigenvalue weighted by Crippen LogP contribution is -2.22. The third-order valence-electron chi connectivity index (χ3n) is 3.45. The summed E-state index contributed by atoms with van der Waals surface area (Å²) in [6, 6.07) is 7.26. The largest absolute Gasteiger partial charge is 0.609 e. The fourth-order valence-electron chi connectivity index (χ4n) is 2.37. The monoisotopic (exact) mass is 350 g/mol. The highest BCUT2D eigenvalue weighted by atomic mass is 35.5. The summed E-state index contributed by atoms with van der Waals surface area (Å²) >= 11 is 4.56. The molecule has 23 heavy (non-hydrogen) atoms. The molecule has 0 saturated heterocycles. The van der Waals surface area contributed by atoms with E-state index >= 15 is 0 Å². The smallest absolute Gasteiger partial charge is 0.353 e. The van der Waals surface area contributed by atoms with Crippen molar-refractivity contribution < 1.29 is 4.55 Å². The summed E-state index contributed by atoms with van der Waals surface area (Å²) in [4.78, 5) is 19.1. The fourth-order valence-corrected chi connectivity index (χ4v) is 2.94. The number of aromatic nitrogens is 4. The van der Waals surface area contributed by atoms with Gasteiger partial charge in [-0.05, 0) is 23.6 Å². The van der Waals surface area contributed by atoms with Crippen molar-refractivity contribution in [1.82, 2.24) is 19.6 Å². The predicted octanol–water partition coefficient (Wildman–Crippen LogP) is 2.60. The van der Waals surface area contributed by atoms with Crippen LogP contribution in [-0.4, -0.2) is 30.4 Å². The molecule has 0 aliphatic heterocycles. The van der Waals surface area contributed by atoms with Crippen molar-refractivity contribution >= 4 is 28.4 Å². The first-order valence-corrected chi connectivity index (χ1v) is 8.94. The Morgan fingerprint density at radius 1 is 1.30 bits per heavy atom. The van der Waals surface area contributed by atoms with E-state index in [1.165, 1.54) is 10.8 Å². The van der Waals surface area contributed by atoms with Crippen molar-refractivity contribution in [1.29, 1.82) is 0 Å². The van der Waals surface area contributed by atoms with Crippen molar-refractivity contribution in [2.24, 2.45) is 0 Å². The molecule has 1 atom stereocenters. The standard InChI is InChI=1S/C15H15ClN4O2S/c1-8(2)12-11(9-4-6-10(16)7-5-9)13-17-14(23(3)22)18-15(21)20(13)19-12/h4-8H,1-3H3,(H,17,18,21). The number of hydrogen-bond acceptors (Lipinski definition) is 4. The van der Waals surface area contributed by atoms with E-state index in [4.69, 9.17) is 11.6 Å². The van der Waals surface area contributed by atoms with Crippen molar-refractivity contribution in [3.05, 3.63) is 45.5 Å². The molecule has 8 heteroatoms. The van der Waals surface area contributed by atoms with E-state index in [0.29, 0.717) is 10.7 Å². The lowest BCUT2D eigenvalue weighted by atomic mass is 10.00. The van der Waals surface area contributed by atoms with Gasteiger partial charge in [0.05, 0.1) is 11.3 Å². The maximum absolute atomic E-state index is 12.2. The van der Waals surface area contributed by atoms with E-state index in [-0.39, 0.29) is 11.1 Å². The zero-order chi connectivity index (χ0) is 16.7. The number of H-pyrrole nitrogens is 1. The van der Waals surface area contributed by atoms with Gasteiger partial charge < -0.3 is 4.55 Å². The molecular weight excluding hydrogens is 336 g/mol. The number of halogens is 1. The van der Waals surface area contributed by atoms with Gasteiger partial charge in [0.15, 0.2) is 5.65 Å². The van der Waals surface area contributed by atoms with Gasteiger partial charge in [-0.3, -0.25) is 0 Å². The van der Waals surface area contributed by atoms with Gasteiger partial charge in [-0.2, -0.15) is 14.6 Å². The van der Waals surface area contributed by atoms with E-state index in [9.17, 15) is 9.35 Å². The van der Waals surface area contributed by atoms with Crippen LogP contribution in [0.15, 0.2) is 34.2 Å². The van der Waals surface area contributed by atoms with E-state index in [0.717, 1.165) is 16.8 Å². The summed E-state index contributed by atoms with van der Waals surface area (Å²) in [5.41, 5.74) is 2.31. The quantitative estimate of drug-likeness (QED) is 0.735. The number of aromatic amines is 1. The molecule has 3 aromatic rings. The zero-order valence-corrected chi connectivity index (χ0v) is 14.4. The molecule has 0 saturated carbocycles. The fraction of sp³-hybridized carbons (Fsp3) is 0.267. The molecule has 0 aliphatic rings. The van der Waals surface area contributed by atoms with Gasteiger partial charge in [-0.15, -0.1) is 0 Å². The van der Waals surface area contributed by atoms with Crippen LogP contribution in [0.1, 0.15) is 25.5 Å². The first-order chi connectivity index (χ1) is 10.9. The number of rotatable bonds is 3. The number of benzene rings is 1. The molecule has 0 radical (unpaired) electrons. The molecular formula is C15H15ClN4O2S. The summed E-state index contributed by atoms with van der Waals surface area (Å²) in [7, 11) is 0. The summed E-state index contributed by atoms with van der Waals surface area (Å²) in [5.74, 6) is 0.0948. The lowest BCUT2D eigenvalue weighted by molar-refractivity contribution is 0.589. The molecule has 6 nitrogen and oxygen atoms in total. The topological polar surface area (TPSA) is 86.1 Å². The Morgan fingerprint density at radius 2 is 1.96 bits per heavy atom. The molecule has 1 aromatic carbocycles. The minimum absolute atomic E-state index is 0.0948. The van der Waals surface area contributed by atoms with E-state index in [2.05, 4.69) is 15.1 Å². The van der Waals surface area contributed by atoms with Crippen molar-refractivity contribution in [3.63, 3.8) is 0 Å². The second kappa shape index (κ2) is 5.99. The van der Waals surface area contributed by atoms with Gasteiger partial charge in [-0.25, -0.2) is 9.78 Å². The molecule has 2 heterocycles. The van der Waals surface area contributed by atoms with E-state index < -0.39 is 16.9 Å². The normalized spacial score (nSPS) is 13.0. The summed E-state index contributed by atoms with van der Waals surface area (Å²) in [5, 5.41) is 5.14. The second-order valence-electron chi connectivity index (χ2n) is 5.46. The maximum atomic E-state index is 12.2. The van der Waals surface area contributed by atoms with Crippen LogP contribution in [0.25, 0.3) is 16.8 Å². The van der Waals surface area contributed by atoms with E-state index in [1.807, 2.05) is 26.0 Å². The lowest BCUT2D eigenvalue weighted by Gasteiger charge is -2.06. The van der Waals surface area contributed by atoms with Crippen molar-refractivity contribution in [3.8, 4) is 11.1 Å². The highest BCUT2D eigenvalue weighted by Gasteiger charge is 2.22. The third kappa shape index (κ3) is 2.87. The minimum Gasteiger partial charge on any atom is -0.609 e. The Labute approximate surface area is 140 Å². The third-order valence-corrected chi connectivity index (χ3v) is 4.44. The van der Waals surface area contributed by atoms with Gasteiger partial charge in [0, 0.05) is 16.2 Å². The SMILES string of the molecule is CC(C)c1nn2c(=O)[nH]c([S+](C)[O-])nc2c1-c1ccc(Cl)cc1. The molecule has 1 unspecified atom stereocenters. The van der Waals surface area contributed by atoms with Gasteiger partial charge in [0.25, 0.3) is 0 Å². The highest BCUT2D eigenvalue weighted by molar-refractivity contribution is 7.90. The first kappa shape index (κ1) is 16.0. The Balaban J connectivity index is 2.39. The van der Waals surface area contributed by atoms with Gasteiger partial charge in [0.1, 0.15) is 6.26 Å². The van der Waals surface area contributed by atoms with Crippen LogP contribution in [-0.2, 0) is 11.2 Å². The first-order valence-electron chi connectivity index (χ1n) is 7.00. The van der Waals surface area contributed by atoms with Gasteiger partial charge in [-0.1, -0.05) is 37.6 Å². The minimum atomic E-state index is -1.39. The molecule has 0 amide bonds. The molecule has 2 aromatic heterocycles. The number of hydrogen-bond donors (Lipinski definition) is 1. The maximum Gasteiger partial charge on any atom is 0.353 e. The molecule has 1 N–H and O–H groups in total. The number of nitrogens with one attached hydrogen (secondary N) is 1. The average Bonchev–Trinajstić information content (AvgIpc) is 2.88. The molecule has 0 bridgehead atoms. The Hall–Kier alpha value is -1.83. The van der Waals surface area contributed by atoms with Crippen LogP contribution in [0, 0.1) is 0 Å². The average molecular weight is 351 g/mol. The van der Waals surface area contributed by atoms with Crippen LogP contribution < -0.4 is 5.69 Å². The number of nitrogens with zero attached hydrogens (tertiary/aromatic N) is 3. The molecule has 0 spiro atoms. The van der Waals surface area contributed by atoms with Crippen LogP contribution in [0.2, 0.25) is 5.02 Å². The van der Waals surface area contributed by atoms with Crippen molar-refractivity contribution in [2.45, 2.75) is 24.9 Å². The van der Waals surface area contributed by atoms with Crippen LogP contribution in [0.3, 0.4) is 0 Å². The van der Waals surface area contributed by atoms with Gasteiger partial charge >= 0.3 is 10.8 Å². The zero-order valence-electron chi connectivity index (χ0n) is 12.8. The Bertz CT molecular complexity index is 916. The summed E-state index contributed by atoms with van der Waals surface area (Å²) < 4.78 is 12.9.